The van der Waals surface area contributed by atoms with Gasteiger partial charge in [-0.2, -0.15) is 9.61 Å². The molecule has 0 unspecified atom stereocenters. The molecule has 0 aliphatic heterocycles. The molecule has 4 rings (SSSR count). The van der Waals surface area contributed by atoms with Gasteiger partial charge < -0.3 is 5.32 Å². The summed E-state index contributed by atoms with van der Waals surface area (Å²) in [5.74, 6) is 0.0385. The van der Waals surface area contributed by atoms with E-state index in [4.69, 9.17) is 0 Å². The second-order valence-electron chi connectivity index (χ2n) is 5.32. The molecule has 0 atom stereocenters. The Kier molecular flexibility index (Phi) is 4.59. The maximum Gasteiger partial charge on any atom is 0.236 e. The highest BCUT2D eigenvalue weighted by Gasteiger charge is 2.12. The molecule has 0 saturated carbocycles. The molecule has 0 spiro atoms. The average molecular weight is 383 g/mol. The fourth-order valence-corrected chi connectivity index (χ4v) is 3.60. The Morgan fingerprint density at radius 3 is 2.92 bits per heavy atom. The minimum Gasteiger partial charge on any atom is -0.301 e. The summed E-state index contributed by atoms with van der Waals surface area (Å²) < 4.78 is 1.62. The normalized spacial score (nSPS) is 11.0. The molecule has 4 heterocycles. The maximum absolute atomic E-state index is 12.1. The standard InChI is InChI=1S/C16H13N7OS2/c1-10-8-25-15(18-10)19-14(24)9-26-16-21-20-13-6-5-12(22-23(13)16)11-4-2-3-7-17-11/h2-8H,9H2,1H3,(H,18,19,24). The van der Waals surface area contributed by atoms with Gasteiger partial charge in [0.25, 0.3) is 0 Å². The van der Waals surface area contributed by atoms with E-state index in [1.54, 1.807) is 10.7 Å². The smallest absolute Gasteiger partial charge is 0.236 e. The van der Waals surface area contributed by atoms with E-state index >= 15 is 0 Å². The van der Waals surface area contributed by atoms with Gasteiger partial charge in [0.15, 0.2) is 10.8 Å². The first-order chi connectivity index (χ1) is 12.7. The zero-order valence-corrected chi connectivity index (χ0v) is 15.3. The predicted molar refractivity (Wildman–Crippen MR) is 100 cm³/mol. The van der Waals surface area contributed by atoms with E-state index in [1.807, 2.05) is 42.6 Å². The summed E-state index contributed by atoms with van der Waals surface area (Å²) in [6.45, 7) is 1.88. The van der Waals surface area contributed by atoms with E-state index in [1.165, 1.54) is 23.1 Å². The first-order valence-electron chi connectivity index (χ1n) is 7.68. The Morgan fingerprint density at radius 2 is 2.15 bits per heavy atom. The average Bonchev–Trinajstić information content (AvgIpc) is 3.26. The molecule has 10 heteroatoms. The lowest BCUT2D eigenvalue weighted by Gasteiger charge is -2.03. The Morgan fingerprint density at radius 1 is 1.23 bits per heavy atom. The van der Waals surface area contributed by atoms with Crippen LogP contribution < -0.4 is 5.32 Å². The molecule has 0 aromatic carbocycles. The number of hydrogen-bond donors (Lipinski definition) is 1. The number of nitrogens with one attached hydrogen (secondary N) is 1. The van der Waals surface area contributed by atoms with Gasteiger partial charge in [0, 0.05) is 11.6 Å². The van der Waals surface area contributed by atoms with E-state index in [9.17, 15) is 4.79 Å². The van der Waals surface area contributed by atoms with Gasteiger partial charge in [-0.05, 0) is 31.2 Å². The van der Waals surface area contributed by atoms with Crippen LogP contribution in [0.3, 0.4) is 0 Å². The second-order valence-corrected chi connectivity index (χ2v) is 7.12. The summed E-state index contributed by atoms with van der Waals surface area (Å²) in [6.07, 6.45) is 1.72. The highest BCUT2D eigenvalue weighted by molar-refractivity contribution is 7.99. The molecule has 1 N–H and O–H groups in total. The van der Waals surface area contributed by atoms with Gasteiger partial charge in [-0.1, -0.05) is 17.8 Å². The molecule has 0 bridgehead atoms. The number of amides is 1. The third-order valence-corrected chi connectivity index (χ3v) is 5.15. The number of carbonyl (C=O) groups is 1. The molecule has 0 aliphatic carbocycles. The lowest BCUT2D eigenvalue weighted by atomic mass is 10.2. The summed E-state index contributed by atoms with van der Waals surface area (Å²) in [5, 5.41) is 18.5. The number of fused-ring (bicyclic) bond motifs is 1. The van der Waals surface area contributed by atoms with Gasteiger partial charge in [-0.15, -0.1) is 21.5 Å². The van der Waals surface area contributed by atoms with Crippen LogP contribution in [0.15, 0.2) is 47.1 Å². The number of rotatable bonds is 5. The van der Waals surface area contributed by atoms with Crippen LogP contribution in [0.25, 0.3) is 17.0 Å². The van der Waals surface area contributed by atoms with Gasteiger partial charge in [0.1, 0.15) is 5.69 Å². The van der Waals surface area contributed by atoms with Crippen LogP contribution >= 0.6 is 23.1 Å². The summed E-state index contributed by atoms with van der Waals surface area (Å²) in [5.41, 5.74) is 2.97. The van der Waals surface area contributed by atoms with Crippen molar-refractivity contribution in [2.75, 3.05) is 11.1 Å². The number of carbonyl (C=O) groups excluding carboxylic acids is 1. The van der Waals surface area contributed by atoms with Gasteiger partial charge in [-0.25, -0.2) is 4.98 Å². The topological polar surface area (TPSA) is 98.0 Å². The first-order valence-corrected chi connectivity index (χ1v) is 9.54. The Hall–Kier alpha value is -2.85. The predicted octanol–water partition coefficient (Wildman–Crippen LogP) is 2.68. The van der Waals surface area contributed by atoms with Crippen LogP contribution in [0.1, 0.15) is 5.69 Å². The first kappa shape index (κ1) is 16.6. The van der Waals surface area contributed by atoms with Crippen molar-refractivity contribution >= 4 is 39.8 Å². The minimum atomic E-state index is -0.151. The number of aromatic nitrogens is 6. The van der Waals surface area contributed by atoms with E-state index in [2.05, 4.69) is 30.6 Å². The molecule has 1 amide bonds. The second kappa shape index (κ2) is 7.18. The van der Waals surface area contributed by atoms with Crippen molar-refractivity contribution in [2.24, 2.45) is 0 Å². The highest BCUT2D eigenvalue weighted by atomic mass is 32.2. The van der Waals surface area contributed by atoms with E-state index in [0.717, 1.165) is 11.4 Å². The Labute approximate surface area is 156 Å². The Bertz CT molecular complexity index is 1060. The third kappa shape index (κ3) is 3.55. The molecular weight excluding hydrogens is 370 g/mol. The SMILES string of the molecule is Cc1csc(NC(=O)CSc2nnc3ccc(-c4ccccn4)nn23)n1. The Balaban J connectivity index is 1.50. The van der Waals surface area contributed by atoms with E-state index in [0.29, 0.717) is 21.6 Å². The number of pyridine rings is 1. The zero-order chi connectivity index (χ0) is 17.9. The van der Waals surface area contributed by atoms with Crippen molar-refractivity contribution in [3.05, 3.63) is 47.6 Å². The molecule has 0 radical (unpaired) electrons. The molecular formula is C16H13N7OS2. The summed E-state index contributed by atoms with van der Waals surface area (Å²) in [4.78, 5) is 20.6. The largest absolute Gasteiger partial charge is 0.301 e. The summed E-state index contributed by atoms with van der Waals surface area (Å²) in [7, 11) is 0. The quantitative estimate of drug-likeness (QED) is 0.529. The molecule has 8 nitrogen and oxygen atoms in total. The number of thiazole rings is 1. The van der Waals surface area contributed by atoms with Gasteiger partial charge in [0.05, 0.1) is 17.1 Å². The molecule has 0 fully saturated rings. The number of thioether (sulfide) groups is 1. The molecule has 0 saturated heterocycles. The molecule has 4 aromatic heterocycles. The van der Waals surface area contributed by atoms with Crippen LogP contribution in [-0.4, -0.2) is 41.4 Å². The lowest BCUT2D eigenvalue weighted by molar-refractivity contribution is -0.113. The van der Waals surface area contributed by atoms with Crippen molar-refractivity contribution in [3.63, 3.8) is 0 Å². The summed E-state index contributed by atoms with van der Waals surface area (Å²) in [6, 6.07) is 9.31. The van der Waals surface area contributed by atoms with Gasteiger partial charge in [0.2, 0.25) is 11.1 Å². The molecule has 0 aliphatic rings. The number of anilines is 1. The van der Waals surface area contributed by atoms with Crippen molar-refractivity contribution < 1.29 is 4.79 Å². The minimum absolute atomic E-state index is 0.151. The van der Waals surface area contributed by atoms with Crippen LogP contribution in [0.4, 0.5) is 5.13 Å². The zero-order valence-electron chi connectivity index (χ0n) is 13.7. The number of nitrogens with zero attached hydrogens (tertiary/aromatic N) is 6. The van der Waals surface area contributed by atoms with E-state index < -0.39 is 0 Å². The molecule has 4 aromatic rings. The molecule has 26 heavy (non-hydrogen) atoms. The van der Waals surface area contributed by atoms with Crippen molar-refractivity contribution in [2.45, 2.75) is 12.1 Å². The monoisotopic (exact) mass is 383 g/mol. The van der Waals surface area contributed by atoms with Crippen LogP contribution in [-0.2, 0) is 4.79 Å². The van der Waals surface area contributed by atoms with Crippen LogP contribution in [0.5, 0.6) is 0 Å². The lowest BCUT2D eigenvalue weighted by Crippen LogP contribution is -2.14. The summed E-state index contributed by atoms with van der Waals surface area (Å²) >= 11 is 2.66. The van der Waals surface area contributed by atoms with Crippen LogP contribution in [0, 0.1) is 6.92 Å². The maximum atomic E-state index is 12.1. The van der Waals surface area contributed by atoms with Gasteiger partial charge in [-0.3, -0.25) is 9.78 Å². The fraction of sp³-hybridized carbons (Fsp3) is 0.125. The van der Waals surface area contributed by atoms with Crippen molar-refractivity contribution in [1.82, 2.24) is 29.8 Å². The van der Waals surface area contributed by atoms with Crippen molar-refractivity contribution in [1.29, 1.82) is 0 Å². The van der Waals surface area contributed by atoms with Crippen molar-refractivity contribution in [3.8, 4) is 11.4 Å². The molecule has 130 valence electrons. The highest BCUT2D eigenvalue weighted by Crippen LogP contribution is 2.20. The number of hydrogen-bond acceptors (Lipinski definition) is 8. The van der Waals surface area contributed by atoms with E-state index in [-0.39, 0.29) is 11.7 Å². The van der Waals surface area contributed by atoms with Gasteiger partial charge >= 0.3 is 0 Å². The number of aryl methyl sites for hydroxylation is 1. The third-order valence-electron chi connectivity index (χ3n) is 3.36. The van der Waals surface area contributed by atoms with Crippen LogP contribution in [0.2, 0.25) is 0 Å². The fourth-order valence-electron chi connectivity index (χ4n) is 2.21.